The smallest absolute Gasteiger partial charge is 0.387 e. The Labute approximate surface area is 95.2 Å². The molecule has 17 heavy (non-hydrogen) atoms. The predicted octanol–water partition coefficient (Wildman–Crippen LogP) is 1.80. The van der Waals surface area contributed by atoms with E-state index in [2.05, 4.69) is 14.9 Å². The molecule has 0 saturated heterocycles. The van der Waals surface area contributed by atoms with Crippen molar-refractivity contribution in [3.05, 3.63) is 30.2 Å². The van der Waals surface area contributed by atoms with Gasteiger partial charge < -0.3 is 14.9 Å². The van der Waals surface area contributed by atoms with Gasteiger partial charge in [0.2, 0.25) is 5.89 Å². The van der Waals surface area contributed by atoms with E-state index in [9.17, 15) is 8.78 Å². The molecule has 90 valence electrons. The highest BCUT2D eigenvalue weighted by atomic mass is 19.3. The van der Waals surface area contributed by atoms with Crippen LogP contribution in [-0.4, -0.2) is 16.8 Å². The van der Waals surface area contributed by atoms with Crippen LogP contribution in [0.15, 0.2) is 28.7 Å². The predicted molar refractivity (Wildman–Crippen MR) is 54.3 cm³/mol. The van der Waals surface area contributed by atoms with Crippen molar-refractivity contribution in [2.24, 2.45) is 5.73 Å². The molecule has 1 aromatic carbocycles. The molecule has 0 saturated carbocycles. The number of para-hydroxylation sites is 1. The van der Waals surface area contributed by atoms with Gasteiger partial charge in [0.1, 0.15) is 5.75 Å². The maximum atomic E-state index is 12.2. The molecule has 0 aliphatic heterocycles. The number of aromatic nitrogens is 2. The summed E-state index contributed by atoms with van der Waals surface area (Å²) in [5.74, 6) is 0.309. The highest BCUT2D eigenvalue weighted by molar-refractivity contribution is 5.62. The summed E-state index contributed by atoms with van der Waals surface area (Å²) in [7, 11) is 0. The van der Waals surface area contributed by atoms with Gasteiger partial charge in [0.15, 0.2) is 0 Å². The number of halogens is 2. The van der Waals surface area contributed by atoms with Crippen molar-refractivity contribution in [2.45, 2.75) is 13.2 Å². The number of nitrogens with two attached hydrogens (primary N) is 1. The van der Waals surface area contributed by atoms with Gasteiger partial charge in [-0.15, -0.1) is 10.2 Å². The Morgan fingerprint density at radius 3 is 2.71 bits per heavy atom. The zero-order valence-corrected chi connectivity index (χ0v) is 8.64. The first kappa shape index (κ1) is 11.5. The third-order valence-electron chi connectivity index (χ3n) is 1.97. The van der Waals surface area contributed by atoms with Crippen molar-refractivity contribution < 1.29 is 17.9 Å². The summed E-state index contributed by atoms with van der Waals surface area (Å²) in [4.78, 5) is 0. The van der Waals surface area contributed by atoms with Gasteiger partial charge in [-0.1, -0.05) is 12.1 Å². The molecule has 2 rings (SSSR count). The van der Waals surface area contributed by atoms with Gasteiger partial charge >= 0.3 is 6.61 Å². The fourth-order valence-electron chi connectivity index (χ4n) is 1.29. The lowest BCUT2D eigenvalue weighted by Crippen LogP contribution is -2.03. The number of benzene rings is 1. The van der Waals surface area contributed by atoms with Crippen molar-refractivity contribution in [3.63, 3.8) is 0 Å². The van der Waals surface area contributed by atoms with Crippen molar-refractivity contribution in [1.82, 2.24) is 10.2 Å². The Morgan fingerprint density at radius 1 is 1.29 bits per heavy atom. The van der Waals surface area contributed by atoms with Crippen LogP contribution in [0.3, 0.4) is 0 Å². The number of ether oxygens (including phenoxy) is 1. The van der Waals surface area contributed by atoms with Crippen LogP contribution >= 0.6 is 0 Å². The maximum Gasteiger partial charge on any atom is 0.387 e. The standard InChI is InChI=1S/C10H9F2N3O2/c11-10(12)16-7-4-2-1-3-6(7)9-15-14-8(5-13)17-9/h1-4,10H,5,13H2. The van der Waals surface area contributed by atoms with E-state index in [1.165, 1.54) is 6.07 Å². The number of hydrogen-bond donors (Lipinski definition) is 1. The number of alkyl halides is 2. The molecule has 1 aromatic heterocycles. The molecule has 0 atom stereocenters. The molecule has 0 radical (unpaired) electrons. The summed E-state index contributed by atoms with van der Waals surface area (Å²) in [5, 5.41) is 7.35. The van der Waals surface area contributed by atoms with Crippen LogP contribution in [0.2, 0.25) is 0 Å². The first-order valence-electron chi connectivity index (χ1n) is 4.77. The zero-order chi connectivity index (χ0) is 12.3. The van der Waals surface area contributed by atoms with Crippen molar-refractivity contribution in [2.75, 3.05) is 0 Å². The Balaban J connectivity index is 2.36. The van der Waals surface area contributed by atoms with Crippen molar-refractivity contribution in [3.8, 4) is 17.2 Å². The minimum Gasteiger partial charge on any atom is -0.434 e. The van der Waals surface area contributed by atoms with E-state index in [4.69, 9.17) is 10.2 Å². The SMILES string of the molecule is NCc1nnc(-c2ccccc2OC(F)F)o1. The number of nitrogens with zero attached hydrogens (tertiary/aromatic N) is 2. The summed E-state index contributed by atoms with van der Waals surface area (Å²) >= 11 is 0. The van der Waals surface area contributed by atoms with E-state index in [0.29, 0.717) is 5.56 Å². The molecule has 2 N–H and O–H groups in total. The minimum atomic E-state index is -2.91. The van der Waals surface area contributed by atoms with Gasteiger partial charge in [-0.2, -0.15) is 8.78 Å². The molecule has 0 unspecified atom stereocenters. The second-order valence-electron chi connectivity index (χ2n) is 3.08. The molecule has 2 aromatic rings. The third-order valence-corrected chi connectivity index (χ3v) is 1.97. The van der Waals surface area contributed by atoms with Crippen LogP contribution in [0.5, 0.6) is 5.75 Å². The lowest BCUT2D eigenvalue weighted by molar-refractivity contribution is -0.0495. The molecule has 0 fully saturated rings. The lowest BCUT2D eigenvalue weighted by Gasteiger charge is -2.07. The topological polar surface area (TPSA) is 74.2 Å². The van der Waals surface area contributed by atoms with E-state index in [1.807, 2.05) is 0 Å². The summed E-state index contributed by atoms with van der Waals surface area (Å²) in [5.41, 5.74) is 5.62. The van der Waals surface area contributed by atoms with E-state index in [-0.39, 0.29) is 24.1 Å². The fourth-order valence-corrected chi connectivity index (χ4v) is 1.29. The van der Waals surface area contributed by atoms with E-state index in [0.717, 1.165) is 0 Å². The lowest BCUT2D eigenvalue weighted by atomic mass is 10.2. The van der Waals surface area contributed by atoms with Crippen LogP contribution in [0, 0.1) is 0 Å². The molecule has 0 amide bonds. The molecule has 5 nitrogen and oxygen atoms in total. The maximum absolute atomic E-state index is 12.2. The van der Waals surface area contributed by atoms with Crippen molar-refractivity contribution in [1.29, 1.82) is 0 Å². The quantitative estimate of drug-likeness (QED) is 0.883. The van der Waals surface area contributed by atoms with Crippen LogP contribution < -0.4 is 10.5 Å². The molecule has 0 aliphatic carbocycles. The summed E-state index contributed by atoms with van der Waals surface area (Å²) < 4.78 is 33.9. The van der Waals surface area contributed by atoms with E-state index >= 15 is 0 Å². The Kier molecular flexibility index (Phi) is 3.29. The highest BCUT2D eigenvalue weighted by Gasteiger charge is 2.15. The second kappa shape index (κ2) is 4.88. The summed E-state index contributed by atoms with van der Waals surface area (Å²) in [6, 6.07) is 6.17. The van der Waals surface area contributed by atoms with Gasteiger partial charge in [-0.25, -0.2) is 0 Å². The van der Waals surface area contributed by atoms with E-state index < -0.39 is 6.61 Å². The summed E-state index contributed by atoms with van der Waals surface area (Å²) in [6.45, 7) is -2.82. The largest absolute Gasteiger partial charge is 0.434 e. The summed E-state index contributed by atoms with van der Waals surface area (Å²) in [6.07, 6.45) is 0. The normalized spacial score (nSPS) is 10.8. The molecule has 0 spiro atoms. The first-order chi connectivity index (χ1) is 8.20. The minimum absolute atomic E-state index is 0.0188. The Hall–Kier alpha value is -2.02. The van der Waals surface area contributed by atoms with Crippen molar-refractivity contribution >= 4 is 0 Å². The number of rotatable bonds is 4. The van der Waals surface area contributed by atoms with Crippen LogP contribution in [0.25, 0.3) is 11.5 Å². The van der Waals surface area contributed by atoms with Gasteiger partial charge in [-0.3, -0.25) is 0 Å². The zero-order valence-electron chi connectivity index (χ0n) is 8.64. The number of hydrogen-bond acceptors (Lipinski definition) is 5. The monoisotopic (exact) mass is 241 g/mol. The second-order valence-corrected chi connectivity index (χ2v) is 3.08. The van der Waals surface area contributed by atoms with Crippen LogP contribution in [0.4, 0.5) is 8.78 Å². The van der Waals surface area contributed by atoms with Gasteiger partial charge in [0.05, 0.1) is 12.1 Å². The van der Waals surface area contributed by atoms with E-state index in [1.54, 1.807) is 18.2 Å². The molecule has 0 bridgehead atoms. The average molecular weight is 241 g/mol. The van der Waals surface area contributed by atoms with Crippen LogP contribution in [0.1, 0.15) is 5.89 Å². The third kappa shape index (κ3) is 2.56. The molecule has 0 aliphatic rings. The Morgan fingerprint density at radius 2 is 2.06 bits per heavy atom. The highest BCUT2D eigenvalue weighted by Crippen LogP contribution is 2.29. The van der Waals surface area contributed by atoms with Gasteiger partial charge in [0.25, 0.3) is 5.89 Å². The average Bonchev–Trinajstić information content (AvgIpc) is 2.77. The molecule has 1 heterocycles. The Bertz CT molecular complexity index is 502. The van der Waals surface area contributed by atoms with Gasteiger partial charge in [0, 0.05) is 0 Å². The van der Waals surface area contributed by atoms with Gasteiger partial charge in [-0.05, 0) is 12.1 Å². The first-order valence-corrected chi connectivity index (χ1v) is 4.77. The molecular formula is C10H9F2N3O2. The molecular weight excluding hydrogens is 232 g/mol. The van der Waals surface area contributed by atoms with Crippen LogP contribution in [-0.2, 0) is 6.54 Å². The fraction of sp³-hybridized carbons (Fsp3) is 0.200. The molecule has 7 heteroatoms.